The van der Waals surface area contributed by atoms with Gasteiger partial charge in [0.1, 0.15) is 0 Å². The number of nitrogens with one attached hydrogen (secondary N) is 1. The Hall–Kier alpha value is -2.46. The lowest BCUT2D eigenvalue weighted by Crippen LogP contribution is -2.06. The molecular formula is C20H20ClNO3. The summed E-state index contributed by atoms with van der Waals surface area (Å²) in [5.41, 5.74) is 3.01. The van der Waals surface area contributed by atoms with Crippen LogP contribution in [-0.2, 0) is 4.79 Å². The summed E-state index contributed by atoms with van der Waals surface area (Å²) in [6.07, 6.45) is 1.83. The average Bonchev–Trinajstić information content (AvgIpc) is 2.88. The van der Waals surface area contributed by atoms with Crippen molar-refractivity contribution in [2.24, 2.45) is 5.92 Å². The van der Waals surface area contributed by atoms with Gasteiger partial charge in [0, 0.05) is 21.8 Å². The fraction of sp³-hybridized carbons (Fsp3) is 0.250. The predicted octanol–water partition coefficient (Wildman–Crippen LogP) is 4.88. The van der Waals surface area contributed by atoms with Gasteiger partial charge in [-0.3, -0.25) is 4.79 Å². The van der Waals surface area contributed by atoms with Crippen LogP contribution in [0.15, 0.2) is 36.4 Å². The highest BCUT2D eigenvalue weighted by atomic mass is 35.5. The van der Waals surface area contributed by atoms with E-state index in [2.05, 4.69) is 19.2 Å². The van der Waals surface area contributed by atoms with E-state index in [0.717, 1.165) is 16.8 Å². The average molecular weight is 358 g/mol. The van der Waals surface area contributed by atoms with Gasteiger partial charge in [-0.1, -0.05) is 31.5 Å². The van der Waals surface area contributed by atoms with E-state index in [4.69, 9.17) is 21.1 Å². The van der Waals surface area contributed by atoms with Crippen molar-refractivity contribution in [2.75, 3.05) is 19.0 Å². The van der Waals surface area contributed by atoms with Gasteiger partial charge in [0.2, 0.25) is 0 Å². The van der Waals surface area contributed by atoms with Gasteiger partial charge < -0.3 is 14.8 Å². The molecule has 1 amide bonds. The first-order chi connectivity index (χ1) is 12.0. The molecule has 4 nitrogen and oxygen atoms in total. The lowest BCUT2D eigenvalue weighted by molar-refractivity contribution is -0.110. The Balaban J connectivity index is 1.97. The second-order valence-electron chi connectivity index (χ2n) is 6.32. The maximum absolute atomic E-state index is 12.3. The standard InChI is InChI=1S/C20H20ClNO3/c1-12(2)11-25-19-9-13(4-7-18(19)24-3)8-16-15-10-14(21)5-6-17(15)22-20(16)23/h4-10,12H,11H2,1-3H3,(H,22,23)/b16-8+. The van der Waals surface area contributed by atoms with Gasteiger partial charge in [0.15, 0.2) is 11.5 Å². The van der Waals surface area contributed by atoms with Gasteiger partial charge in [-0.2, -0.15) is 0 Å². The van der Waals surface area contributed by atoms with Crippen molar-refractivity contribution < 1.29 is 14.3 Å². The zero-order chi connectivity index (χ0) is 18.0. The Morgan fingerprint density at radius 1 is 1.16 bits per heavy atom. The smallest absolute Gasteiger partial charge is 0.256 e. The molecule has 1 heterocycles. The maximum Gasteiger partial charge on any atom is 0.256 e. The number of halogens is 1. The number of anilines is 1. The summed E-state index contributed by atoms with van der Waals surface area (Å²) in [7, 11) is 1.61. The molecule has 1 aliphatic rings. The third-order valence-electron chi connectivity index (χ3n) is 3.84. The molecule has 0 atom stereocenters. The van der Waals surface area contributed by atoms with Gasteiger partial charge in [-0.05, 0) is 47.9 Å². The van der Waals surface area contributed by atoms with Gasteiger partial charge in [0.25, 0.3) is 5.91 Å². The summed E-state index contributed by atoms with van der Waals surface area (Å²) in [5.74, 6) is 1.59. The molecular weight excluding hydrogens is 338 g/mol. The minimum Gasteiger partial charge on any atom is -0.493 e. The van der Waals surface area contributed by atoms with E-state index in [9.17, 15) is 4.79 Å². The molecule has 1 N–H and O–H groups in total. The number of carbonyl (C=O) groups is 1. The molecule has 2 aromatic carbocycles. The first-order valence-corrected chi connectivity index (χ1v) is 8.49. The zero-order valence-electron chi connectivity index (χ0n) is 14.4. The number of carbonyl (C=O) groups excluding carboxylic acids is 1. The zero-order valence-corrected chi connectivity index (χ0v) is 15.2. The van der Waals surface area contributed by atoms with Gasteiger partial charge in [0.05, 0.1) is 13.7 Å². The van der Waals surface area contributed by atoms with Crippen LogP contribution in [0, 0.1) is 5.92 Å². The van der Waals surface area contributed by atoms with E-state index in [1.54, 1.807) is 19.2 Å². The number of hydrogen-bond donors (Lipinski definition) is 1. The van der Waals surface area contributed by atoms with Crippen LogP contribution in [0.2, 0.25) is 5.02 Å². The molecule has 0 spiro atoms. The van der Waals surface area contributed by atoms with E-state index >= 15 is 0 Å². The second kappa shape index (κ2) is 7.19. The largest absolute Gasteiger partial charge is 0.493 e. The van der Waals surface area contributed by atoms with E-state index in [-0.39, 0.29) is 5.91 Å². The van der Waals surface area contributed by atoms with Crippen LogP contribution in [0.25, 0.3) is 11.6 Å². The lowest BCUT2D eigenvalue weighted by Gasteiger charge is -2.13. The molecule has 5 heteroatoms. The molecule has 0 fully saturated rings. The summed E-state index contributed by atoms with van der Waals surface area (Å²) < 4.78 is 11.2. The molecule has 3 rings (SSSR count). The molecule has 0 saturated carbocycles. The number of benzene rings is 2. The predicted molar refractivity (Wildman–Crippen MR) is 101 cm³/mol. The van der Waals surface area contributed by atoms with Crippen LogP contribution in [0.3, 0.4) is 0 Å². The minimum absolute atomic E-state index is 0.141. The van der Waals surface area contributed by atoms with Crippen molar-refractivity contribution in [2.45, 2.75) is 13.8 Å². The molecule has 2 aromatic rings. The normalized spacial score (nSPS) is 14.6. The Labute approximate surface area is 152 Å². The van der Waals surface area contributed by atoms with Crippen molar-refractivity contribution in [3.8, 4) is 11.5 Å². The number of ether oxygens (including phenoxy) is 2. The summed E-state index contributed by atoms with van der Waals surface area (Å²) in [4.78, 5) is 12.3. The highest BCUT2D eigenvalue weighted by molar-refractivity contribution is 6.36. The highest BCUT2D eigenvalue weighted by Crippen LogP contribution is 2.36. The molecule has 0 bridgehead atoms. The number of fused-ring (bicyclic) bond motifs is 1. The highest BCUT2D eigenvalue weighted by Gasteiger charge is 2.24. The second-order valence-corrected chi connectivity index (χ2v) is 6.75. The lowest BCUT2D eigenvalue weighted by atomic mass is 10.0. The number of amides is 1. The van der Waals surface area contributed by atoms with Crippen LogP contribution >= 0.6 is 11.6 Å². The first-order valence-electron chi connectivity index (χ1n) is 8.11. The molecule has 130 valence electrons. The third-order valence-corrected chi connectivity index (χ3v) is 4.07. The molecule has 0 aliphatic carbocycles. The molecule has 1 aliphatic heterocycles. The monoisotopic (exact) mass is 357 g/mol. The van der Waals surface area contributed by atoms with E-state index in [1.807, 2.05) is 30.3 Å². The maximum atomic E-state index is 12.3. The summed E-state index contributed by atoms with van der Waals surface area (Å²) in [6.45, 7) is 4.76. The fourth-order valence-corrected chi connectivity index (χ4v) is 2.79. The topological polar surface area (TPSA) is 47.6 Å². The van der Waals surface area contributed by atoms with Crippen LogP contribution < -0.4 is 14.8 Å². The molecule has 0 aromatic heterocycles. The third kappa shape index (κ3) is 3.80. The van der Waals surface area contributed by atoms with E-state index < -0.39 is 0 Å². The molecule has 25 heavy (non-hydrogen) atoms. The summed E-state index contributed by atoms with van der Waals surface area (Å²) in [6, 6.07) is 11.0. The van der Waals surface area contributed by atoms with Crippen LogP contribution in [-0.4, -0.2) is 19.6 Å². The number of rotatable bonds is 5. The number of methoxy groups -OCH3 is 1. The minimum atomic E-state index is -0.141. The van der Waals surface area contributed by atoms with Gasteiger partial charge >= 0.3 is 0 Å². The quantitative estimate of drug-likeness (QED) is 0.776. The van der Waals surface area contributed by atoms with E-state index in [1.165, 1.54) is 0 Å². The Morgan fingerprint density at radius 3 is 2.68 bits per heavy atom. The van der Waals surface area contributed by atoms with Crippen LogP contribution in [0.1, 0.15) is 25.0 Å². The Bertz CT molecular complexity index is 843. The van der Waals surface area contributed by atoms with Crippen molar-refractivity contribution in [1.82, 2.24) is 0 Å². The number of hydrogen-bond acceptors (Lipinski definition) is 3. The molecule has 0 saturated heterocycles. The fourth-order valence-electron chi connectivity index (χ4n) is 2.62. The molecule has 0 radical (unpaired) electrons. The van der Waals surface area contributed by atoms with Crippen molar-refractivity contribution in [1.29, 1.82) is 0 Å². The Kier molecular flexibility index (Phi) is 5.00. The van der Waals surface area contributed by atoms with Crippen molar-refractivity contribution in [3.05, 3.63) is 52.5 Å². The first kappa shape index (κ1) is 17.4. The van der Waals surface area contributed by atoms with Crippen LogP contribution in [0.4, 0.5) is 5.69 Å². The Morgan fingerprint density at radius 2 is 1.96 bits per heavy atom. The summed E-state index contributed by atoms with van der Waals surface area (Å²) in [5, 5.41) is 3.44. The summed E-state index contributed by atoms with van der Waals surface area (Å²) >= 11 is 6.07. The van der Waals surface area contributed by atoms with Gasteiger partial charge in [-0.25, -0.2) is 0 Å². The molecule has 0 unspecified atom stereocenters. The van der Waals surface area contributed by atoms with E-state index in [0.29, 0.717) is 34.6 Å². The van der Waals surface area contributed by atoms with Crippen LogP contribution in [0.5, 0.6) is 11.5 Å². The SMILES string of the molecule is COc1ccc(/C=C2/C(=O)Nc3ccc(Cl)cc32)cc1OCC(C)C. The van der Waals surface area contributed by atoms with Gasteiger partial charge in [-0.15, -0.1) is 0 Å². The van der Waals surface area contributed by atoms with Crippen molar-refractivity contribution in [3.63, 3.8) is 0 Å². The van der Waals surface area contributed by atoms with Crippen molar-refractivity contribution >= 4 is 34.8 Å².